The van der Waals surface area contributed by atoms with Crippen LogP contribution in [0, 0.1) is 0 Å². The third-order valence-corrected chi connectivity index (χ3v) is 6.32. The maximum Gasteiger partial charge on any atom is 0.160 e. The molecule has 0 aliphatic carbocycles. The molecule has 0 bridgehead atoms. The molecule has 0 unspecified atom stereocenters. The van der Waals surface area contributed by atoms with Crippen LogP contribution in [0.4, 0.5) is 0 Å². The number of fused-ring (bicyclic) bond motifs is 2. The lowest BCUT2D eigenvalue weighted by Crippen LogP contribution is -1.69. The van der Waals surface area contributed by atoms with Crippen LogP contribution >= 0.6 is 43.2 Å². The van der Waals surface area contributed by atoms with E-state index in [9.17, 15) is 0 Å². The number of rotatable bonds is 1. The molecule has 0 N–H and O–H groups in total. The molecule has 4 rings (SSSR count). The van der Waals surface area contributed by atoms with Gasteiger partial charge in [0.15, 0.2) is 5.76 Å². The predicted molar refractivity (Wildman–Crippen MR) is 92.4 cm³/mol. The van der Waals surface area contributed by atoms with Gasteiger partial charge in [-0.15, -0.1) is 11.3 Å². The molecule has 4 aromatic rings. The monoisotopic (exact) mass is 406 g/mol. The zero-order chi connectivity index (χ0) is 13.7. The fourth-order valence-corrected chi connectivity index (χ4v) is 5.04. The van der Waals surface area contributed by atoms with Crippen molar-refractivity contribution in [1.29, 1.82) is 0 Å². The van der Waals surface area contributed by atoms with E-state index in [-0.39, 0.29) is 0 Å². The van der Waals surface area contributed by atoms with Crippen molar-refractivity contribution in [3.63, 3.8) is 0 Å². The lowest BCUT2D eigenvalue weighted by atomic mass is 10.2. The summed E-state index contributed by atoms with van der Waals surface area (Å²) in [7, 11) is 0. The largest absolute Gasteiger partial charge is 0.454 e. The first-order chi connectivity index (χ1) is 9.75. The van der Waals surface area contributed by atoms with Gasteiger partial charge in [0.2, 0.25) is 0 Å². The number of furan rings is 1. The van der Waals surface area contributed by atoms with Gasteiger partial charge in [0.1, 0.15) is 5.58 Å². The summed E-state index contributed by atoms with van der Waals surface area (Å²) >= 11 is 9.12. The Balaban J connectivity index is 2.06. The summed E-state index contributed by atoms with van der Waals surface area (Å²) in [4.78, 5) is 1.12. The number of halogens is 2. The van der Waals surface area contributed by atoms with Gasteiger partial charge in [0, 0.05) is 19.9 Å². The molecule has 0 atom stereocenters. The predicted octanol–water partition coefficient (Wildman–Crippen LogP) is 6.84. The molecular formula is C16H8Br2OS. The second-order valence-electron chi connectivity index (χ2n) is 4.48. The fraction of sp³-hybridized carbons (Fsp3) is 0. The fourth-order valence-electron chi connectivity index (χ4n) is 2.32. The third kappa shape index (κ3) is 1.79. The second-order valence-corrected chi connectivity index (χ2v) is 7.12. The quantitative estimate of drug-likeness (QED) is 0.336. The zero-order valence-electron chi connectivity index (χ0n) is 10.2. The highest BCUT2D eigenvalue weighted by molar-refractivity contribution is 9.11. The highest BCUT2D eigenvalue weighted by atomic mass is 79.9. The van der Waals surface area contributed by atoms with Crippen LogP contribution in [0.25, 0.3) is 31.7 Å². The van der Waals surface area contributed by atoms with E-state index >= 15 is 0 Å². The highest BCUT2D eigenvalue weighted by Gasteiger charge is 2.19. The Bertz CT molecular complexity index is 858. The van der Waals surface area contributed by atoms with Crippen molar-refractivity contribution in [2.24, 2.45) is 0 Å². The number of hydrogen-bond acceptors (Lipinski definition) is 2. The number of thiophene rings is 1. The smallest absolute Gasteiger partial charge is 0.160 e. The first kappa shape index (κ1) is 12.6. The second kappa shape index (κ2) is 4.72. The SMILES string of the molecule is Brc1c(-c2sc3ccccc3c2Br)oc2ccccc12. The number of para-hydroxylation sites is 1. The van der Waals surface area contributed by atoms with Gasteiger partial charge in [-0.25, -0.2) is 0 Å². The third-order valence-electron chi connectivity index (χ3n) is 3.28. The molecule has 20 heavy (non-hydrogen) atoms. The van der Waals surface area contributed by atoms with Crippen LogP contribution in [0.15, 0.2) is 61.9 Å². The molecule has 0 aliphatic heterocycles. The summed E-state index contributed by atoms with van der Waals surface area (Å²) in [6, 6.07) is 16.4. The summed E-state index contributed by atoms with van der Waals surface area (Å²) in [5, 5.41) is 2.33. The summed E-state index contributed by atoms with van der Waals surface area (Å²) in [6.45, 7) is 0. The Morgan fingerprint density at radius 2 is 1.50 bits per heavy atom. The zero-order valence-corrected chi connectivity index (χ0v) is 14.2. The molecule has 98 valence electrons. The van der Waals surface area contributed by atoms with Gasteiger partial charge in [-0.1, -0.05) is 30.3 Å². The molecule has 0 saturated heterocycles. The Labute approximate surface area is 136 Å². The van der Waals surface area contributed by atoms with E-state index in [1.54, 1.807) is 11.3 Å². The van der Waals surface area contributed by atoms with Crippen LogP contribution in [-0.4, -0.2) is 0 Å². The Morgan fingerprint density at radius 1 is 0.800 bits per heavy atom. The van der Waals surface area contributed by atoms with Crippen molar-refractivity contribution >= 4 is 64.3 Å². The van der Waals surface area contributed by atoms with E-state index < -0.39 is 0 Å². The van der Waals surface area contributed by atoms with E-state index in [0.717, 1.165) is 30.6 Å². The van der Waals surface area contributed by atoms with Gasteiger partial charge in [0.25, 0.3) is 0 Å². The molecule has 0 aliphatic rings. The van der Waals surface area contributed by atoms with Crippen molar-refractivity contribution in [3.05, 3.63) is 57.5 Å². The van der Waals surface area contributed by atoms with Gasteiger partial charge in [-0.2, -0.15) is 0 Å². The molecule has 0 fully saturated rings. The minimum atomic E-state index is 0.888. The van der Waals surface area contributed by atoms with Crippen molar-refractivity contribution in [3.8, 4) is 10.6 Å². The molecule has 2 aromatic heterocycles. The van der Waals surface area contributed by atoms with Crippen LogP contribution in [0.3, 0.4) is 0 Å². The van der Waals surface area contributed by atoms with Crippen LogP contribution in [0.5, 0.6) is 0 Å². The Kier molecular flexibility index (Phi) is 2.98. The molecule has 0 amide bonds. The molecular weight excluding hydrogens is 400 g/mol. The van der Waals surface area contributed by atoms with Crippen LogP contribution in [0.1, 0.15) is 0 Å². The van der Waals surface area contributed by atoms with E-state index in [0.29, 0.717) is 0 Å². The molecule has 0 radical (unpaired) electrons. The van der Waals surface area contributed by atoms with Crippen LogP contribution < -0.4 is 0 Å². The lowest BCUT2D eigenvalue weighted by molar-refractivity contribution is 0.631. The number of benzene rings is 2. The molecule has 2 heterocycles. The van der Waals surface area contributed by atoms with Gasteiger partial charge in [-0.3, -0.25) is 0 Å². The number of hydrogen-bond donors (Lipinski definition) is 0. The maximum atomic E-state index is 6.03. The summed E-state index contributed by atoms with van der Waals surface area (Å²) in [5.41, 5.74) is 0.902. The minimum absolute atomic E-state index is 0.888. The van der Waals surface area contributed by atoms with E-state index in [2.05, 4.69) is 62.2 Å². The average Bonchev–Trinajstić information content (AvgIpc) is 2.98. The molecule has 4 heteroatoms. The average molecular weight is 408 g/mol. The standard InChI is InChI=1S/C16H8Br2OS/c17-13-9-5-1-3-7-11(9)19-15(13)16-14(18)10-6-2-4-8-12(10)20-16/h1-8H. The Hall–Kier alpha value is -1.10. The summed E-state index contributed by atoms with van der Waals surface area (Å²) in [5.74, 6) is 0.888. The minimum Gasteiger partial charge on any atom is -0.454 e. The highest BCUT2D eigenvalue weighted by Crippen LogP contribution is 2.47. The van der Waals surface area contributed by atoms with Crippen molar-refractivity contribution in [2.45, 2.75) is 0 Å². The van der Waals surface area contributed by atoms with E-state index in [1.807, 2.05) is 18.2 Å². The molecule has 0 spiro atoms. The van der Waals surface area contributed by atoms with Gasteiger partial charge >= 0.3 is 0 Å². The molecule has 2 aromatic carbocycles. The van der Waals surface area contributed by atoms with E-state index in [4.69, 9.17) is 4.42 Å². The van der Waals surface area contributed by atoms with Gasteiger partial charge < -0.3 is 4.42 Å². The molecule has 0 saturated carbocycles. The van der Waals surface area contributed by atoms with Gasteiger partial charge in [0.05, 0.1) is 9.35 Å². The summed E-state index contributed by atoms with van der Waals surface area (Å²) in [6.07, 6.45) is 0. The first-order valence-electron chi connectivity index (χ1n) is 6.10. The molecule has 1 nitrogen and oxygen atoms in total. The topological polar surface area (TPSA) is 13.1 Å². The van der Waals surface area contributed by atoms with Crippen LogP contribution in [0.2, 0.25) is 0 Å². The van der Waals surface area contributed by atoms with Crippen molar-refractivity contribution < 1.29 is 4.42 Å². The maximum absolute atomic E-state index is 6.03. The normalized spacial score (nSPS) is 11.5. The lowest BCUT2D eigenvalue weighted by Gasteiger charge is -1.94. The van der Waals surface area contributed by atoms with Crippen molar-refractivity contribution in [2.75, 3.05) is 0 Å². The Morgan fingerprint density at radius 3 is 2.25 bits per heavy atom. The van der Waals surface area contributed by atoms with Gasteiger partial charge in [-0.05, 0) is 50.1 Å². The first-order valence-corrected chi connectivity index (χ1v) is 8.50. The summed E-state index contributed by atoms with van der Waals surface area (Å²) < 4.78 is 9.39. The van der Waals surface area contributed by atoms with E-state index in [1.165, 1.54) is 10.1 Å². The van der Waals surface area contributed by atoms with Crippen LogP contribution in [-0.2, 0) is 0 Å². The van der Waals surface area contributed by atoms with Crippen molar-refractivity contribution in [1.82, 2.24) is 0 Å².